The Kier molecular flexibility index (Phi) is 2.81. The van der Waals surface area contributed by atoms with Crippen molar-refractivity contribution in [1.82, 2.24) is 4.40 Å². The average molecular weight is 396 g/mol. The first-order chi connectivity index (χ1) is 12.8. The molecule has 0 saturated carbocycles. The van der Waals surface area contributed by atoms with Crippen LogP contribution in [0.15, 0.2) is 89.4 Å². The van der Waals surface area contributed by atoms with Crippen molar-refractivity contribution in [2.24, 2.45) is 0 Å². The highest BCUT2D eigenvalue weighted by molar-refractivity contribution is 9.10. The number of halogens is 1. The van der Waals surface area contributed by atoms with Crippen molar-refractivity contribution >= 4 is 54.0 Å². The molecule has 0 aliphatic carbocycles. The lowest BCUT2D eigenvalue weighted by Crippen LogP contribution is -1.79. The number of hydrogen-bond donors (Lipinski definition) is 0. The molecule has 0 aliphatic rings. The van der Waals surface area contributed by atoms with Gasteiger partial charge in [0, 0.05) is 26.0 Å². The topological polar surface area (TPSA) is 4.41 Å². The summed E-state index contributed by atoms with van der Waals surface area (Å²) in [5, 5.41) is 5.25. The van der Waals surface area contributed by atoms with Crippen molar-refractivity contribution in [3.05, 3.63) is 89.4 Å². The quantitative estimate of drug-likeness (QED) is 0.275. The van der Waals surface area contributed by atoms with Gasteiger partial charge in [-0.3, -0.25) is 0 Å². The Balaban J connectivity index is 1.91. The van der Waals surface area contributed by atoms with Crippen LogP contribution in [0.5, 0.6) is 0 Å². The second-order valence-electron chi connectivity index (χ2n) is 6.80. The fourth-order valence-electron chi connectivity index (χ4n) is 4.27. The minimum absolute atomic E-state index is 1.12. The van der Waals surface area contributed by atoms with E-state index in [2.05, 4.69) is 105 Å². The number of rotatable bonds is 1. The lowest BCUT2D eigenvalue weighted by atomic mass is 9.99. The molecule has 2 aromatic heterocycles. The van der Waals surface area contributed by atoms with Gasteiger partial charge in [-0.1, -0.05) is 64.5 Å². The summed E-state index contributed by atoms with van der Waals surface area (Å²) < 4.78 is 3.53. The molecule has 6 aromatic rings. The molecule has 2 heteroatoms. The van der Waals surface area contributed by atoms with Crippen molar-refractivity contribution in [3.8, 4) is 11.1 Å². The molecule has 0 spiro atoms. The zero-order valence-electron chi connectivity index (χ0n) is 13.9. The molecule has 4 aromatic carbocycles. The maximum absolute atomic E-state index is 3.65. The highest BCUT2D eigenvalue weighted by Gasteiger charge is 2.18. The van der Waals surface area contributed by atoms with Gasteiger partial charge in [-0.05, 0) is 47.5 Å². The normalized spacial score (nSPS) is 12.0. The first kappa shape index (κ1) is 14.3. The van der Waals surface area contributed by atoms with Gasteiger partial charge in [0.15, 0.2) is 0 Å². The lowest BCUT2D eigenvalue weighted by molar-refractivity contribution is 1.37. The number of aromatic nitrogens is 1. The van der Waals surface area contributed by atoms with E-state index in [4.69, 9.17) is 0 Å². The second kappa shape index (κ2) is 5.09. The summed E-state index contributed by atoms with van der Waals surface area (Å²) in [7, 11) is 0. The minimum Gasteiger partial charge on any atom is -0.308 e. The number of nitrogens with zero attached hydrogens (tertiary/aromatic N) is 1. The molecular weight excluding hydrogens is 382 g/mol. The van der Waals surface area contributed by atoms with Gasteiger partial charge in [0.05, 0.1) is 16.6 Å². The Bertz CT molecular complexity index is 1430. The first-order valence-corrected chi connectivity index (χ1v) is 9.53. The zero-order valence-corrected chi connectivity index (χ0v) is 15.5. The molecule has 2 heterocycles. The van der Waals surface area contributed by atoms with Gasteiger partial charge >= 0.3 is 0 Å². The van der Waals surface area contributed by atoms with Crippen LogP contribution < -0.4 is 0 Å². The van der Waals surface area contributed by atoms with E-state index in [0.29, 0.717) is 0 Å². The molecular formula is C24H14BrN. The minimum atomic E-state index is 1.12. The second-order valence-corrected chi connectivity index (χ2v) is 7.72. The number of para-hydroxylation sites is 1. The molecule has 0 bridgehead atoms. The Morgan fingerprint density at radius 1 is 0.538 bits per heavy atom. The van der Waals surface area contributed by atoms with Crippen LogP contribution >= 0.6 is 15.9 Å². The molecule has 0 atom stereocenters. The molecule has 0 saturated heterocycles. The molecule has 6 rings (SSSR count). The first-order valence-electron chi connectivity index (χ1n) is 8.74. The van der Waals surface area contributed by atoms with Crippen LogP contribution in [0.2, 0.25) is 0 Å². The highest BCUT2D eigenvalue weighted by Crippen LogP contribution is 2.42. The molecule has 0 fully saturated rings. The van der Waals surface area contributed by atoms with E-state index in [0.717, 1.165) is 4.47 Å². The number of benzene rings is 4. The molecule has 0 unspecified atom stereocenters. The molecule has 122 valence electrons. The van der Waals surface area contributed by atoms with Crippen LogP contribution in [0.1, 0.15) is 0 Å². The Morgan fingerprint density at radius 3 is 2.08 bits per heavy atom. The van der Waals surface area contributed by atoms with Crippen LogP contribution in [0.25, 0.3) is 49.2 Å². The monoisotopic (exact) mass is 395 g/mol. The molecule has 26 heavy (non-hydrogen) atoms. The van der Waals surface area contributed by atoms with E-state index < -0.39 is 0 Å². The van der Waals surface area contributed by atoms with Gasteiger partial charge < -0.3 is 4.40 Å². The average Bonchev–Trinajstić information content (AvgIpc) is 3.19. The van der Waals surface area contributed by atoms with Crippen molar-refractivity contribution in [1.29, 1.82) is 0 Å². The van der Waals surface area contributed by atoms with Crippen LogP contribution in [0, 0.1) is 0 Å². The van der Waals surface area contributed by atoms with Gasteiger partial charge in [0.1, 0.15) is 0 Å². The van der Waals surface area contributed by atoms with Gasteiger partial charge in [-0.15, -0.1) is 0 Å². The fraction of sp³-hybridized carbons (Fsp3) is 0. The van der Waals surface area contributed by atoms with Crippen molar-refractivity contribution < 1.29 is 0 Å². The van der Waals surface area contributed by atoms with E-state index in [-0.39, 0.29) is 0 Å². The summed E-state index contributed by atoms with van der Waals surface area (Å²) >= 11 is 3.65. The van der Waals surface area contributed by atoms with Crippen molar-refractivity contribution in [2.45, 2.75) is 0 Å². The SMILES string of the molecule is Brc1ccc2c(c1)c1cc(-c3ccccc3)cc3c4ccccc4n2c31. The predicted octanol–water partition coefficient (Wildman–Crippen LogP) is 7.27. The van der Waals surface area contributed by atoms with E-state index in [9.17, 15) is 0 Å². The standard InChI is InChI=1S/C24H14BrN/c25-17-10-11-23-19(14-17)21-13-16(15-6-2-1-3-7-15)12-20-18-8-4-5-9-22(18)26(23)24(20)21/h1-14H. The molecule has 0 N–H and O–H groups in total. The van der Waals surface area contributed by atoms with E-state index in [1.54, 1.807) is 0 Å². The maximum Gasteiger partial charge on any atom is 0.0620 e. The molecule has 0 amide bonds. The van der Waals surface area contributed by atoms with E-state index in [1.165, 1.54) is 49.2 Å². The summed E-state index contributed by atoms with van der Waals surface area (Å²) in [6, 6.07) is 30.6. The van der Waals surface area contributed by atoms with Crippen LogP contribution in [-0.2, 0) is 0 Å². The smallest absolute Gasteiger partial charge is 0.0620 e. The molecule has 0 radical (unpaired) electrons. The maximum atomic E-state index is 3.65. The van der Waals surface area contributed by atoms with Crippen molar-refractivity contribution in [2.75, 3.05) is 0 Å². The third kappa shape index (κ3) is 1.80. The van der Waals surface area contributed by atoms with Crippen LogP contribution in [0.4, 0.5) is 0 Å². The van der Waals surface area contributed by atoms with E-state index >= 15 is 0 Å². The van der Waals surface area contributed by atoms with Gasteiger partial charge in [-0.25, -0.2) is 0 Å². The van der Waals surface area contributed by atoms with Gasteiger partial charge in [0.2, 0.25) is 0 Å². The number of fused-ring (bicyclic) bond motifs is 6. The largest absolute Gasteiger partial charge is 0.308 e. The lowest BCUT2D eigenvalue weighted by Gasteiger charge is -2.04. The Morgan fingerprint density at radius 2 is 1.23 bits per heavy atom. The van der Waals surface area contributed by atoms with Crippen LogP contribution in [-0.4, -0.2) is 4.40 Å². The third-order valence-corrected chi connectivity index (χ3v) is 5.86. The fourth-order valence-corrected chi connectivity index (χ4v) is 4.63. The summed E-state index contributed by atoms with van der Waals surface area (Å²) in [4.78, 5) is 0. The zero-order chi connectivity index (χ0) is 17.3. The van der Waals surface area contributed by atoms with Gasteiger partial charge in [0.25, 0.3) is 0 Å². The van der Waals surface area contributed by atoms with Crippen LogP contribution in [0.3, 0.4) is 0 Å². The highest BCUT2D eigenvalue weighted by atomic mass is 79.9. The summed E-state index contributed by atoms with van der Waals surface area (Å²) in [6.07, 6.45) is 0. The Hall–Kier alpha value is -2.84. The predicted molar refractivity (Wildman–Crippen MR) is 114 cm³/mol. The summed E-state index contributed by atoms with van der Waals surface area (Å²) in [6.45, 7) is 0. The number of hydrogen-bond acceptors (Lipinski definition) is 0. The molecule has 1 nitrogen and oxygen atoms in total. The van der Waals surface area contributed by atoms with Gasteiger partial charge in [-0.2, -0.15) is 0 Å². The summed E-state index contributed by atoms with van der Waals surface area (Å²) in [5.74, 6) is 0. The van der Waals surface area contributed by atoms with E-state index in [1.807, 2.05) is 0 Å². The van der Waals surface area contributed by atoms with Crippen molar-refractivity contribution in [3.63, 3.8) is 0 Å². The third-order valence-electron chi connectivity index (χ3n) is 5.37. The Labute approximate surface area is 158 Å². The molecule has 0 aliphatic heterocycles. The summed E-state index contributed by atoms with van der Waals surface area (Å²) in [5.41, 5.74) is 6.38.